The van der Waals surface area contributed by atoms with Crippen molar-refractivity contribution in [3.8, 4) is 5.75 Å². The lowest BCUT2D eigenvalue weighted by Gasteiger charge is -2.28. The number of carboxylic acid groups (broad SMARTS) is 1. The lowest BCUT2D eigenvalue weighted by atomic mass is 10.1. The predicted octanol–water partition coefficient (Wildman–Crippen LogP) is 1.59. The summed E-state index contributed by atoms with van der Waals surface area (Å²) in [5, 5.41) is 9.06. The van der Waals surface area contributed by atoms with Crippen molar-refractivity contribution in [2.75, 3.05) is 27.2 Å². The summed E-state index contributed by atoms with van der Waals surface area (Å²) >= 11 is 0. The first-order valence-electron chi connectivity index (χ1n) is 7.87. The van der Waals surface area contributed by atoms with Crippen LogP contribution in [0.2, 0.25) is 0 Å². The van der Waals surface area contributed by atoms with Crippen molar-refractivity contribution in [3.05, 3.63) is 29.6 Å². The van der Waals surface area contributed by atoms with Gasteiger partial charge in [0.1, 0.15) is 0 Å². The number of likely N-dealkylation sites (tertiary alicyclic amines) is 1. The van der Waals surface area contributed by atoms with E-state index in [2.05, 4.69) is 0 Å². The Hall–Kier alpha value is -2.15. The normalized spacial score (nSPS) is 19.1. The number of rotatable bonds is 6. The van der Waals surface area contributed by atoms with Crippen molar-refractivity contribution in [1.82, 2.24) is 9.80 Å². The van der Waals surface area contributed by atoms with E-state index in [1.165, 1.54) is 24.1 Å². The Balaban J connectivity index is 1.96. The number of carbonyl (C=O) groups excluding carboxylic acids is 1. The monoisotopic (exact) mass is 338 g/mol. The van der Waals surface area contributed by atoms with Crippen molar-refractivity contribution in [3.63, 3.8) is 0 Å². The molecule has 1 amide bonds. The number of halogens is 1. The smallest absolute Gasteiger partial charge is 0.307 e. The average Bonchev–Trinajstić information content (AvgIpc) is 3.03. The SMILES string of the molecule is COc1ccc(CN(C)C(=O)C(C)N2CCC(C(=O)O)C2)cc1F. The number of hydrogen-bond acceptors (Lipinski definition) is 4. The minimum atomic E-state index is -0.820. The van der Waals surface area contributed by atoms with Gasteiger partial charge >= 0.3 is 5.97 Å². The maximum Gasteiger partial charge on any atom is 0.307 e. The fourth-order valence-corrected chi connectivity index (χ4v) is 2.98. The third kappa shape index (κ3) is 4.03. The predicted molar refractivity (Wildman–Crippen MR) is 86.2 cm³/mol. The zero-order chi connectivity index (χ0) is 17.9. The van der Waals surface area contributed by atoms with Crippen LogP contribution in [0, 0.1) is 11.7 Å². The fraction of sp³-hybridized carbons (Fsp3) is 0.529. The van der Waals surface area contributed by atoms with Crippen LogP contribution >= 0.6 is 0 Å². The minimum absolute atomic E-state index is 0.114. The van der Waals surface area contributed by atoms with E-state index in [0.29, 0.717) is 25.1 Å². The minimum Gasteiger partial charge on any atom is -0.494 e. The molecule has 2 atom stereocenters. The molecule has 7 heteroatoms. The standard InChI is InChI=1S/C17H23FN2O4/c1-11(20-7-6-13(10-20)17(22)23)16(21)19(2)9-12-4-5-15(24-3)14(18)8-12/h4-5,8,11,13H,6-7,9-10H2,1-3H3,(H,22,23). The highest BCUT2D eigenvalue weighted by atomic mass is 19.1. The number of carboxylic acids is 1. The fourth-order valence-electron chi connectivity index (χ4n) is 2.98. The lowest BCUT2D eigenvalue weighted by Crippen LogP contribution is -2.44. The summed E-state index contributed by atoms with van der Waals surface area (Å²) in [7, 11) is 3.06. The third-order valence-electron chi connectivity index (χ3n) is 4.49. The second kappa shape index (κ2) is 7.61. The molecule has 0 spiro atoms. The number of likely N-dealkylation sites (N-methyl/N-ethyl adjacent to an activating group) is 1. The number of benzene rings is 1. The molecule has 24 heavy (non-hydrogen) atoms. The summed E-state index contributed by atoms with van der Waals surface area (Å²) in [6.45, 7) is 3.03. The van der Waals surface area contributed by atoms with Gasteiger partial charge in [-0.25, -0.2) is 4.39 Å². The Morgan fingerprint density at radius 2 is 2.21 bits per heavy atom. The topological polar surface area (TPSA) is 70.1 Å². The van der Waals surface area contributed by atoms with Gasteiger partial charge in [-0.15, -0.1) is 0 Å². The van der Waals surface area contributed by atoms with Crippen molar-refractivity contribution < 1.29 is 23.8 Å². The number of methoxy groups -OCH3 is 1. The molecule has 0 radical (unpaired) electrons. The van der Waals surface area contributed by atoms with E-state index < -0.39 is 23.7 Å². The van der Waals surface area contributed by atoms with Crippen LogP contribution in [0.25, 0.3) is 0 Å². The van der Waals surface area contributed by atoms with E-state index in [1.54, 1.807) is 20.0 Å². The quantitative estimate of drug-likeness (QED) is 0.853. The van der Waals surface area contributed by atoms with Gasteiger partial charge in [0.15, 0.2) is 11.6 Å². The zero-order valence-corrected chi connectivity index (χ0v) is 14.2. The molecule has 1 saturated heterocycles. The molecule has 1 N–H and O–H groups in total. The first kappa shape index (κ1) is 18.2. The summed E-state index contributed by atoms with van der Waals surface area (Å²) < 4.78 is 18.6. The number of nitrogens with zero attached hydrogens (tertiary/aromatic N) is 2. The molecule has 1 aliphatic rings. The number of aliphatic carboxylic acids is 1. The Kier molecular flexibility index (Phi) is 5.77. The van der Waals surface area contributed by atoms with Crippen LogP contribution in [0.15, 0.2) is 18.2 Å². The Morgan fingerprint density at radius 1 is 1.50 bits per heavy atom. The van der Waals surface area contributed by atoms with Gasteiger partial charge in [0, 0.05) is 20.1 Å². The van der Waals surface area contributed by atoms with Crippen LogP contribution in [0.4, 0.5) is 4.39 Å². The summed E-state index contributed by atoms with van der Waals surface area (Å²) in [6, 6.07) is 4.20. The number of ether oxygens (including phenoxy) is 1. The Morgan fingerprint density at radius 3 is 2.75 bits per heavy atom. The van der Waals surface area contributed by atoms with Gasteiger partial charge in [-0.1, -0.05) is 6.07 Å². The molecule has 1 aliphatic heterocycles. The average molecular weight is 338 g/mol. The van der Waals surface area contributed by atoms with Gasteiger partial charge in [0.05, 0.1) is 19.1 Å². The van der Waals surface area contributed by atoms with Gasteiger partial charge in [0.25, 0.3) is 0 Å². The molecule has 0 aromatic heterocycles. The summed E-state index contributed by atoms with van der Waals surface area (Å²) in [4.78, 5) is 27.0. The van der Waals surface area contributed by atoms with Gasteiger partial charge in [0.2, 0.25) is 5.91 Å². The van der Waals surface area contributed by atoms with E-state index in [1.807, 2.05) is 4.90 Å². The van der Waals surface area contributed by atoms with E-state index in [-0.39, 0.29) is 18.2 Å². The largest absolute Gasteiger partial charge is 0.494 e. The number of carbonyl (C=O) groups is 2. The first-order valence-corrected chi connectivity index (χ1v) is 7.87. The Bertz CT molecular complexity index is 623. The van der Waals surface area contributed by atoms with E-state index in [9.17, 15) is 14.0 Å². The van der Waals surface area contributed by atoms with Gasteiger partial charge in [-0.05, 0) is 37.6 Å². The molecular weight excluding hydrogens is 315 g/mol. The molecule has 1 fully saturated rings. The molecule has 1 heterocycles. The highest BCUT2D eigenvalue weighted by Crippen LogP contribution is 2.21. The van der Waals surface area contributed by atoms with Crippen LogP contribution in [-0.2, 0) is 16.1 Å². The molecule has 6 nitrogen and oxygen atoms in total. The second-order valence-electron chi connectivity index (χ2n) is 6.16. The van der Waals surface area contributed by atoms with Crippen LogP contribution in [0.1, 0.15) is 18.9 Å². The molecule has 2 unspecified atom stereocenters. The second-order valence-corrected chi connectivity index (χ2v) is 6.16. The molecule has 0 bridgehead atoms. The third-order valence-corrected chi connectivity index (χ3v) is 4.49. The van der Waals surface area contributed by atoms with Crippen molar-refractivity contribution in [2.24, 2.45) is 5.92 Å². The highest BCUT2D eigenvalue weighted by Gasteiger charge is 2.34. The molecule has 0 saturated carbocycles. The summed E-state index contributed by atoms with van der Waals surface area (Å²) in [5.74, 6) is -1.65. The van der Waals surface area contributed by atoms with Gasteiger partial charge in [-0.2, -0.15) is 0 Å². The highest BCUT2D eigenvalue weighted by molar-refractivity contribution is 5.81. The maximum absolute atomic E-state index is 13.7. The van der Waals surface area contributed by atoms with Crippen LogP contribution in [0.3, 0.4) is 0 Å². The molecule has 132 valence electrons. The van der Waals surface area contributed by atoms with Crippen LogP contribution < -0.4 is 4.74 Å². The molecular formula is C17H23FN2O4. The van der Waals surface area contributed by atoms with E-state index in [4.69, 9.17) is 9.84 Å². The van der Waals surface area contributed by atoms with Gasteiger partial charge < -0.3 is 14.7 Å². The van der Waals surface area contributed by atoms with E-state index >= 15 is 0 Å². The zero-order valence-electron chi connectivity index (χ0n) is 14.2. The molecule has 1 aromatic carbocycles. The van der Waals surface area contributed by atoms with Crippen molar-refractivity contribution >= 4 is 11.9 Å². The number of hydrogen-bond donors (Lipinski definition) is 1. The van der Waals surface area contributed by atoms with Crippen molar-refractivity contribution in [1.29, 1.82) is 0 Å². The summed E-state index contributed by atoms with van der Waals surface area (Å²) in [6.07, 6.45) is 0.556. The molecule has 2 rings (SSSR count). The van der Waals surface area contributed by atoms with Gasteiger partial charge in [-0.3, -0.25) is 14.5 Å². The van der Waals surface area contributed by atoms with Crippen molar-refractivity contribution in [2.45, 2.75) is 25.9 Å². The Labute approximate surface area is 140 Å². The first-order chi connectivity index (χ1) is 11.3. The molecule has 0 aliphatic carbocycles. The maximum atomic E-state index is 13.7. The van der Waals surface area contributed by atoms with Crippen LogP contribution in [-0.4, -0.2) is 60.1 Å². The van der Waals surface area contributed by atoms with E-state index in [0.717, 1.165) is 0 Å². The number of amides is 1. The lowest BCUT2D eigenvalue weighted by molar-refractivity contribution is -0.142. The summed E-state index contributed by atoms with van der Waals surface area (Å²) in [5.41, 5.74) is 0.668. The van der Waals surface area contributed by atoms with Crippen LogP contribution in [0.5, 0.6) is 5.75 Å². The molecule has 1 aromatic rings.